The minimum Gasteiger partial charge on any atom is -0.330 e. The first-order valence-electron chi connectivity index (χ1n) is 4.35. The molecule has 0 aromatic rings. The van der Waals surface area contributed by atoms with Gasteiger partial charge in [0.05, 0.1) is 6.42 Å². The number of rotatable bonds is 5. The van der Waals surface area contributed by atoms with Gasteiger partial charge in [0.1, 0.15) is 0 Å². The molecule has 2 unspecified atom stereocenters. The molecule has 0 aromatic carbocycles. The number of halogens is 3. The van der Waals surface area contributed by atoms with Gasteiger partial charge in [0.25, 0.3) is 0 Å². The van der Waals surface area contributed by atoms with Gasteiger partial charge in [0.15, 0.2) is 0 Å². The first-order valence-corrected chi connectivity index (χ1v) is 4.35. The molecular formula is C8H17F3N2. The third-order valence-electron chi connectivity index (χ3n) is 1.75. The van der Waals surface area contributed by atoms with Crippen LogP contribution >= 0.6 is 0 Å². The molecule has 0 aliphatic rings. The molecule has 0 bridgehead atoms. The van der Waals surface area contributed by atoms with Crippen molar-refractivity contribution in [3.05, 3.63) is 0 Å². The Balaban J connectivity index is 3.57. The van der Waals surface area contributed by atoms with Gasteiger partial charge in [-0.3, -0.25) is 0 Å². The maximum absolute atomic E-state index is 11.8. The Hall–Kier alpha value is -0.290. The zero-order valence-corrected chi connectivity index (χ0v) is 7.99. The van der Waals surface area contributed by atoms with E-state index < -0.39 is 18.6 Å². The maximum atomic E-state index is 11.8. The summed E-state index contributed by atoms with van der Waals surface area (Å²) < 4.78 is 35.5. The summed E-state index contributed by atoms with van der Waals surface area (Å²) in [5, 5.41) is 2.79. The van der Waals surface area contributed by atoms with Gasteiger partial charge < -0.3 is 11.1 Å². The highest BCUT2D eigenvalue weighted by molar-refractivity contribution is 4.67. The van der Waals surface area contributed by atoms with Gasteiger partial charge >= 0.3 is 6.18 Å². The van der Waals surface area contributed by atoms with Crippen molar-refractivity contribution in [1.82, 2.24) is 5.32 Å². The molecule has 0 fully saturated rings. The predicted molar refractivity (Wildman–Crippen MR) is 46.4 cm³/mol. The zero-order chi connectivity index (χ0) is 10.5. The summed E-state index contributed by atoms with van der Waals surface area (Å²) in [4.78, 5) is 0. The summed E-state index contributed by atoms with van der Waals surface area (Å²) in [5.41, 5.74) is 5.32. The summed E-state index contributed by atoms with van der Waals surface area (Å²) in [5.74, 6) is 0.218. The van der Waals surface area contributed by atoms with Crippen LogP contribution in [0.1, 0.15) is 20.3 Å². The lowest BCUT2D eigenvalue weighted by Crippen LogP contribution is -2.35. The fourth-order valence-corrected chi connectivity index (χ4v) is 0.905. The molecule has 3 N–H and O–H groups in total. The lowest BCUT2D eigenvalue weighted by Gasteiger charge is -2.17. The van der Waals surface area contributed by atoms with Crippen LogP contribution in [0, 0.1) is 5.92 Å². The average molecular weight is 198 g/mol. The van der Waals surface area contributed by atoms with Crippen molar-refractivity contribution in [2.75, 3.05) is 13.1 Å². The van der Waals surface area contributed by atoms with E-state index in [1.165, 1.54) is 6.92 Å². The fraction of sp³-hybridized carbons (Fsp3) is 1.00. The average Bonchev–Trinajstić information content (AvgIpc) is 1.97. The molecule has 0 saturated carbocycles. The Labute approximate surface area is 76.7 Å². The van der Waals surface area contributed by atoms with Gasteiger partial charge in [-0.15, -0.1) is 0 Å². The number of nitrogens with one attached hydrogen (secondary N) is 1. The molecule has 0 heterocycles. The van der Waals surface area contributed by atoms with Crippen LogP contribution in [-0.2, 0) is 0 Å². The molecule has 0 aliphatic carbocycles. The third-order valence-corrected chi connectivity index (χ3v) is 1.75. The van der Waals surface area contributed by atoms with Crippen LogP contribution < -0.4 is 11.1 Å². The topological polar surface area (TPSA) is 38.0 Å². The molecule has 5 heteroatoms. The number of alkyl halides is 3. The largest absolute Gasteiger partial charge is 0.390 e. The predicted octanol–water partition coefficient (Wildman–Crippen LogP) is 1.51. The van der Waals surface area contributed by atoms with Crippen molar-refractivity contribution in [3.63, 3.8) is 0 Å². The maximum Gasteiger partial charge on any atom is 0.390 e. The highest BCUT2D eigenvalue weighted by atomic mass is 19.4. The second-order valence-electron chi connectivity index (χ2n) is 3.47. The van der Waals surface area contributed by atoms with Crippen molar-refractivity contribution in [1.29, 1.82) is 0 Å². The van der Waals surface area contributed by atoms with E-state index in [2.05, 4.69) is 5.32 Å². The summed E-state index contributed by atoms with van der Waals surface area (Å²) in [7, 11) is 0. The molecule has 80 valence electrons. The molecule has 0 aliphatic heterocycles. The van der Waals surface area contributed by atoms with Crippen molar-refractivity contribution in [2.24, 2.45) is 11.7 Å². The second kappa shape index (κ2) is 5.44. The molecule has 2 atom stereocenters. The number of hydrogen-bond acceptors (Lipinski definition) is 2. The van der Waals surface area contributed by atoms with Gasteiger partial charge in [-0.25, -0.2) is 0 Å². The highest BCUT2D eigenvalue weighted by Crippen LogP contribution is 2.21. The molecule has 0 saturated heterocycles. The first-order chi connectivity index (χ1) is 5.85. The van der Waals surface area contributed by atoms with Gasteiger partial charge in [-0.2, -0.15) is 13.2 Å². The van der Waals surface area contributed by atoms with Crippen LogP contribution in [0.4, 0.5) is 13.2 Å². The molecule has 0 spiro atoms. The van der Waals surface area contributed by atoms with E-state index in [0.29, 0.717) is 13.1 Å². The molecule has 13 heavy (non-hydrogen) atoms. The summed E-state index contributed by atoms with van der Waals surface area (Å²) >= 11 is 0. The van der Waals surface area contributed by atoms with Gasteiger partial charge in [0, 0.05) is 6.04 Å². The van der Waals surface area contributed by atoms with E-state index in [1.54, 1.807) is 0 Å². The number of hydrogen-bond donors (Lipinski definition) is 2. The smallest absolute Gasteiger partial charge is 0.330 e. The van der Waals surface area contributed by atoms with Crippen molar-refractivity contribution in [3.8, 4) is 0 Å². The van der Waals surface area contributed by atoms with Crippen LogP contribution in [0.25, 0.3) is 0 Å². The lowest BCUT2D eigenvalue weighted by atomic mass is 10.1. The summed E-state index contributed by atoms with van der Waals surface area (Å²) in [6, 6.07) is -0.533. The molecule has 0 amide bonds. The van der Waals surface area contributed by atoms with Crippen LogP contribution in [0.2, 0.25) is 0 Å². The van der Waals surface area contributed by atoms with Crippen molar-refractivity contribution < 1.29 is 13.2 Å². The second-order valence-corrected chi connectivity index (χ2v) is 3.47. The first kappa shape index (κ1) is 12.7. The Morgan fingerprint density at radius 2 is 1.85 bits per heavy atom. The molecule has 2 nitrogen and oxygen atoms in total. The van der Waals surface area contributed by atoms with E-state index in [0.717, 1.165) is 0 Å². The van der Waals surface area contributed by atoms with Gasteiger partial charge in [-0.1, -0.05) is 6.92 Å². The number of nitrogens with two attached hydrogens (primary N) is 1. The standard InChI is InChI=1S/C8H17F3N2/c1-6(4-12)5-13-7(2)3-8(9,10)11/h6-7,13H,3-5,12H2,1-2H3. The van der Waals surface area contributed by atoms with Crippen LogP contribution in [-0.4, -0.2) is 25.3 Å². The SMILES string of the molecule is CC(CN)CNC(C)CC(F)(F)F. The quantitative estimate of drug-likeness (QED) is 0.702. The van der Waals surface area contributed by atoms with Gasteiger partial charge in [0.2, 0.25) is 0 Å². The zero-order valence-electron chi connectivity index (χ0n) is 7.99. The van der Waals surface area contributed by atoms with Crippen LogP contribution in [0.15, 0.2) is 0 Å². The van der Waals surface area contributed by atoms with E-state index in [1.807, 2.05) is 6.92 Å². The molecule has 0 rings (SSSR count). The third kappa shape index (κ3) is 8.05. The van der Waals surface area contributed by atoms with E-state index in [9.17, 15) is 13.2 Å². The molecular weight excluding hydrogens is 181 g/mol. The lowest BCUT2D eigenvalue weighted by molar-refractivity contribution is -0.139. The van der Waals surface area contributed by atoms with Crippen molar-refractivity contribution >= 4 is 0 Å². The fourth-order valence-electron chi connectivity index (χ4n) is 0.905. The Morgan fingerprint density at radius 1 is 1.31 bits per heavy atom. The van der Waals surface area contributed by atoms with Crippen molar-refractivity contribution in [2.45, 2.75) is 32.5 Å². The Kier molecular flexibility index (Phi) is 5.32. The Morgan fingerprint density at radius 3 is 2.23 bits per heavy atom. The highest BCUT2D eigenvalue weighted by Gasteiger charge is 2.29. The monoisotopic (exact) mass is 198 g/mol. The van der Waals surface area contributed by atoms with E-state index >= 15 is 0 Å². The minimum absolute atomic E-state index is 0.218. The minimum atomic E-state index is -4.08. The van der Waals surface area contributed by atoms with Crippen LogP contribution in [0.3, 0.4) is 0 Å². The van der Waals surface area contributed by atoms with E-state index in [4.69, 9.17) is 5.73 Å². The normalized spacial score (nSPS) is 17.1. The molecule has 0 radical (unpaired) electrons. The molecule has 0 aromatic heterocycles. The van der Waals surface area contributed by atoms with Crippen LogP contribution in [0.5, 0.6) is 0 Å². The Bertz CT molecular complexity index is 136. The van der Waals surface area contributed by atoms with Gasteiger partial charge in [-0.05, 0) is 25.9 Å². The van der Waals surface area contributed by atoms with E-state index in [-0.39, 0.29) is 5.92 Å². The summed E-state index contributed by atoms with van der Waals surface area (Å²) in [6.07, 6.45) is -4.87. The summed E-state index contributed by atoms with van der Waals surface area (Å²) in [6.45, 7) is 4.45.